The summed E-state index contributed by atoms with van der Waals surface area (Å²) < 4.78 is 5.86. The maximum absolute atomic E-state index is 10.4. The minimum Gasteiger partial charge on any atom is -0.491 e. The van der Waals surface area contributed by atoms with E-state index in [0.29, 0.717) is 19.2 Å². The lowest BCUT2D eigenvalue weighted by Crippen LogP contribution is -2.45. The van der Waals surface area contributed by atoms with Crippen LogP contribution in [0.3, 0.4) is 0 Å². The summed E-state index contributed by atoms with van der Waals surface area (Å²) in [6.45, 7) is 15.6. The summed E-state index contributed by atoms with van der Waals surface area (Å²) in [4.78, 5) is 2.51. The molecule has 33 heavy (non-hydrogen) atoms. The second-order valence-electron chi connectivity index (χ2n) is 11.6. The molecule has 4 nitrogen and oxygen atoms in total. The molecular formula is C29H44N2O2. The maximum atomic E-state index is 10.4. The summed E-state index contributed by atoms with van der Waals surface area (Å²) in [6.07, 6.45) is 2.85. The Bertz CT molecular complexity index is 819. The van der Waals surface area contributed by atoms with Gasteiger partial charge in [-0.1, -0.05) is 77.1 Å². The molecule has 0 unspecified atom stereocenters. The molecule has 4 heteroatoms. The zero-order valence-electron chi connectivity index (χ0n) is 21.3. The number of nitrogens with one attached hydrogen (secondary N) is 1. The molecule has 0 amide bonds. The van der Waals surface area contributed by atoms with Crippen LogP contribution in [0.1, 0.15) is 65.0 Å². The number of benzene rings is 2. The SMILES string of the molecule is CC(C)(C)CC(C)(C)c1ccc(OC[C@H](O)CNC2CCN(Cc3ccccc3)CC2)cc1. The van der Waals surface area contributed by atoms with Gasteiger partial charge in [-0.05, 0) is 66.4 Å². The normalized spacial score (nSPS) is 17.2. The van der Waals surface area contributed by atoms with E-state index in [9.17, 15) is 5.11 Å². The molecule has 1 atom stereocenters. The van der Waals surface area contributed by atoms with Gasteiger partial charge in [0.15, 0.2) is 0 Å². The van der Waals surface area contributed by atoms with Crippen LogP contribution in [0.5, 0.6) is 5.75 Å². The van der Waals surface area contributed by atoms with Crippen molar-refractivity contribution in [3.05, 3.63) is 65.7 Å². The van der Waals surface area contributed by atoms with Gasteiger partial charge in [-0.25, -0.2) is 0 Å². The summed E-state index contributed by atoms with van der Waals surface area (Å²) in [7, 11) is 0. The van der Waals surface area contributed by atoms with Gasteiger partial charge in [0.2, 0.25) is 0 Å². The lowest BCUT2D eigenvalue weighted by atomic mass is 9.72. The molecule has 1 fully saturated rings. The fourth-order valence-corrected chi connectivity index (χ4v) is 5.12. The van der Waals surface area contributed by atoms with Crippen molar-refractivity contribution in [2.45, 2.75) is 78.0 Å². The molecule has 0 saturated carbocycles. The Labute approximate surface area is 201 Å². The number of aliphatic hydroxyl groups excluding tert-OH is 1. The molecule has 1 aliphatic heterocycles. The molecular weight excluding hydrogens is 408 g/mol. The second kappa shape index (κ2) is 11.5. The monoisotopic (exact) mass is 452 g/mol. The predicted octanol–water partition coefficient (Wildman–Crippen LogP) is 5.39. The summed E-state index contributed by atoms with van der Waals surface area (Å²) in [5, 5.41) is 13.9. The van der Waals surface area contributed by atoms with Gasteiger partial charge in [0.05, 0.1) is 0 Å². The lowest BCUT2D eigenvalue weighted by Gasteiger charge is -2.33. The van der Waals surface area contributed by atoms with Crippen LogP contribution >= 0.6 is 0 Å². The highest BCUT2D eigenvalue weighted by Crippen LogP contribution is 2.36. The quantitative estimate of drug-likeness (QED) is 0.507. The van der Waals surface area contributed by atoms with Crippen LogP contribution in [0.25, 0.3) is 0 Å². The van der Waals surface area contributed by atoms with Crippen molar-refractivity contribution in [3.63, 3.8) is 0 Å². The van der Waals surface area contributed by atoms with E-state index in [4.69, 9.17) is 4.74 Å². The van der Waals surface area contributed by atoms with Gasteiger partial charge in [-0.3, -0.25) is 4.90 Å². The Morgan fingerprint density at radius 3 is 2.21 bits per heavy atom. The van der Waals surface area contributed by atoms with Crippen LogP contribution in [0.2, 0.25) is 0 Å². The lowest BCUT2D eigenvalue weighted by molar-refractivity contribution is 0.0979. The Morgan fingerprint density at radius 2 is 1.61 bits per heavy atom. The fourth-order valence-electron chi connectivity index (χ4n) is 5.12. The summed E-state index contributed by atoms with van der Waals surface area (Å²) >= 11 is 0. The molecule has 2 aromatic rings. The van der Waals surface area contributed by atoms with E-state index in [2.05, 4.69) is 87.3 Å². The number of rotatable bonds is 10. The van der Waals surface area contributed by atoms with Crippen molar-refractivity contribution in [1.82, 2.24) is 10.2 Å². The number of hydrogen-bond acceptors (Lipinski definition) is 4. The van der Waals surface area contributed by atoms with Crippen LogP contribution in [0.15, 0.2) is 54.6 Å². The van der Waals surface area contributed by atoms with Crippen LogP contribution in [-0.4, -0.2) is 48.4 Å². The first-order valence-electron chi connectivity index (χ1n) is 12.5. The Morgan fingerprint density at radius 1 is 0.970 bits per heavy atom. The predicted molar refractivity (Wildman–Crippen MR) is 138 cm³/mol. The average molecular weight is 453 g/mol. The fraction of sp³-hybridized carbons (Fsp3) is 0.586. The molecule has 1 heterocycles. The average Bonchev–Trinajstić information content (AvgIpc) is 2.77. The van der Waals surface area contributed by atoms with Crippen molar-refractivity contribution in [2.75, 3.05) is 26.2 Å². The maximum Gasteiger partial charge on any atom is 0.119 e. The molecule has 0 spiro atoms. The minimum absolute atomic E-state index is 0.122. The second-order valence-corrected chi connectivity index (χ2v) is 11.6. The number of aliphatic hydroxyl groups is 1. The molecule has 2 aromatic carbocycles. The highest BCUT2D eigenvalue weighted by molar-refractivity contribution is 5.31. The molecule has 0 aromatic heterocycles. The number of piperidine rings is 1. The van der Waals surface area contributed by atoms with Gasteiger partial charge in [-0.2, -0.15) is 0 Å². The van der Waals surface area contributed by atoms with Crippen LogP contribution in [0, 0.1) is 5.41 Å². The number of nitrogens with zero attached hydrogens (tertiary/aromatic N) is 1. The Kier molecular flexibility index (Phi) is 8.97. The smallest absolute Gasteiger partial charge is 0.119 e. The summed E-state index contributed by atoms with van der Waals surface area (Å²) in [5.41, 5.74) is 3.11. The van der Waals surface area contributed by atoms with E-state index in [-0.39, 0.29) is 10.8 Å². The van der Waals surface area contributed by atoms with Crippen molar-refractivity contribution in [2.24, 2.45) is 5.41 Å². The van der Waals surface area contributed by atoms with Gasteiger partial charge >= 0.3 is 0 Å². The van der Waals surface area contributed by atoms with Gasteiger partial charge < -0.3 is 15.2 Å². The third kappa shape index (κ3) is 8.77. The molecule has 1 aliphatic rings. The van der Waals surface area contributed by atoms with Crippen LogP contribution in [-0.2, 0) is 12.0 Å². The van der Waals surface area contributed by atoms with E-state index in [0.717, 1.165) is 44.6 Å². The molecule has 2 N–H and O–H groups in total. The Balaban J connectivity index is 1.35. The first-order valence-corrected chi connectivity index (χ1v) is 12.5. The van der Waals surface area contributed by atoms with E-state index in [1.165, 1.54) is 11.1 Å². The van der Waals surface area contributed by atoms with Crippen molar-refractivity contribution < 1.29 is 9.84 Å². The largest absolute Gasteiger partial charge is 0.491 e. The van der Waals surface area contributed by atoms with E-state index in [1.54, 1.807) is 0 Å². The van der Waals surface area contributed by atoms with Crippen molar-refractivity contribution >= 4 is 0 Å². The summed E-state index contributed by atoms with van der Waals surface area (Å²) in [6, 6.07) is 19.5. The highest BCUT2D eigenvalue weighted by Gasteiger charge is 2.27. The first kappa shape index (κ1) is 25.7. The van der Waals surface area contributed by atoms with Crippen molar-refractivity contribution in [3.8, 4) is 5.75 Å². The first-order chi connectivity index (χ1) is 15.6. The number of hydrogen-bond donors (Lipinski definition) is 2. The molecule has 0 aliphatic carbocycles. The number of ether oxygens (including phenoxy) is 1. The van der Waals surface area contributed by atoms with Gasteiger partial charge in [0, 0.05) is 19.1 Å². The van der Waals surface area contributed by atoms with Crippen LogP contribution < -0.4 is 10.1 Å². The molecule has 0 radical (unpaired) electrons. The van der Waals surface area contributed by atoms with E-state index in [1.807, 2.05) is 12.1 Å². The number of likely N-dealkylation sites (tertiary alicyclic amines) is 1. The van der Waals surface area contributed by atoms with E-state index >= 15 is 0 Å². The Hall–Kier alpha value is -1.88. The van der Waals surface area contributed by atoms with Gasteiger partial charge in [0.25, 0.3) is 0 Å². The third-order valence-electron chi connectivity index (χ3n) is 6.53. The third-order valence-corrected chi connectivity index (χ3v) is 6.53. The standard InChI is InChI=1S/C29H44N2O2/c1-28(2,3)22-29(4,5)24-11-13-27(14-12-24)33-21-26(32)19-30-25-15-17-31(18-16-25)20-23-9-7-6-8-10-23/h6-14,25-26,30,32H,15-22H2,1-5H3/t26-/m1/s1. The van der Waals surface area contributed by atoms with Crippen molar-refractivity contribution in [1.29, 1.82) is 0 Å². The molecule has 182 valence electrons. The summed E-state index contributed by atoms with van der Waals surface area (Å²) in [5.74, 6) is 0.818. The highest BCUT2D eigenvalue weighted by atomic mass is 16.5. The molecule has 3 rings (SSSR count). The molecule has 1 saturated heterocycles. The van der Waals surface area contributed by atoms with E-state index < -0.39 is 6.10 Å². The zero-order chi connectivity index (χ0) is 23.9. The minimum atomic E-state index is -0.510. The van der Waals surface area contributed by atoms with Gasteiger partial charge in [-0.15, -0.1) is 0 Å². The topological polar surface area (TPSA) is 44.7 Å². The van der Waals surface area contributed by atoms with Crippen LogP contribution in [0.4, 0.5) is 0 Å². The zero-order valence-corrected chi connectivity index (χ0v) is 21.3. The molecule has 0 bridgehead atoms. The van der Waals surface area contributed by atoms with Gasteiger partial charge in [0.1, 0.15) is 18.5 Å².